The summed E-state index contributed by atoms with van der Waals surface area (Å²) in [4.78, 5) is 20.7. The van der Waals surface area contributed by atoms with E-state index in [1.165, 1.54) is 6.07 Å². The molecule has 2 rings (SSSR count). The van der Waals surface area contributed by atoms with Crippen LogP contribution in [0.4, 0.5) is 0 Å². The van der Waals surface area contributed by atoms with Crippen LogP contribution in [0.1, 0.15) is 24.5 Å². The highest BCUT2D eigenvalue weighted by molar-refractivity contribution is 6.58. The molecule has 3 N–H and O–H groups in total. The van der Waals surface area contributed by atoms with Crippen molar-refractivity contribution in [2.24, 2.45) is 0 Å². The normalized spacial score (nSPS) is 7.16. The highest BCUT2D eigenvalue weighted by Gasteiger charge is 2.13. The zero-order chi connectivity index (χ0) is 28.4. The van der Waals surface area contributed by atoms with Crippen molar-refractivity contribution in [1.82, 2.24) is 5.32 Å². The molecular weight excluding hydrogens is 482 g/mol. The largest absolute Gasteiger partial charge is 0.488 e. The van der Waals surface area contributed by atoms with Crippen molar-refractivity contribution in [1.29, 1.82) is 0 Å². The third-order valence-corrected chi connectivity index (χ3v) is 3.54. The highest BCUT2D eigenvalue weighted by atomic mass is 16.9. The average molecular weight is 510 g/mol. The molecule has 2 aromatic carbocycles. The molecule has 0 unspecified atom stereocenters. The molecule has 0 atom stereocenters. The average Bonchev–Trinajstić information content (AvgIpc) is 2.94. The summed E-state index contributed by atoms with van der Waals surface area (Å²) in [5.41, 5.74) is 1.71. The van der Waals surface area contributed by atoms with Crippen LogP contribution in [0.25, 0.3) is 0 Å². The lowest BCUT2D eigenvalue weighted by Crippen LogP contribution is -2.31. The number of benzene rings is 2. The van der Waals surface area contributed by atoms with Gasteiger partial charge in [0.05, 0.1) is 0 Å². The zero-order valence-corrected chi connectivity index (χ0v) is 19.7. The molecule has 10 heteroatoms. The molecule has 2 aromatic rings. The highest BCUT2D eigenvalue weighted by Crippen LogP contribution is 2.01. The van der Waals surface area contributed by atoms with Gasteiger partial charge in [0.1, 0.15) is 0 Å². The lowest BCUT2D eigenvalue weighted by molar-refractivity contribution is -0.714. The molecule has 0 aliphatic rings. The Kier molecular flexibility index (Phi) is 18.2. The van der Waals surface area contributed by atoms with Gasteiger partial charge in [-0.15, -0.1) is 23.0 Å². The van der Waals surface area contributed by atoms with E-state index < -0.39 is 12.2 Å². The first-order valence-corrected chi connectivity index (χ1v) is 10.1. The van der Waals surface area contributed by atoms with Crippen LogP contribution in [0.2, 0.25) is 0 Å². The summed E-state index contributed by atoms with van der Waals surface area (Å²) in [5, 5.41) is 28.6. The fraction of sp³-hybridized carbons (Fsp3) is 0.0357. The van der Waals surface area contributed by atoms with Crippen LogP contribution in [0.15, 0.2) is 54.6 Å². The number of carbonyl (C=O) groups is 1. The fourth-order valence-electron chi connectivity index (χ4n) is 2.04. The predicted molar refractivity (Wildman–Crippen MR) is 157 cm³/mol. The molecule has 0 saturated carbocycles. The maximum absolute atomic E-state index is 11.9. The van der Waals surface area contributed by atoms with E-state index in [0.717, 1.165) is 5.56 Å². The van der Waals surface area contributed by atoms with Crippen molar-refractivity contribution in [3.63, 3.8) is 0 Å². The van der Waals surface area contributed by atoms with Gasteiger partial charge >= 0.3 is 15.2 Å². The van der Waals surface area contributed by atoms with Crippen LogP contribution in [0, 0.1) is 94.0 Å². The first kappa shape index (κ1) is 32.1. The second-order valence-corrected chi connectivity index (χ2v) is 6.04. The van der Waals surface area contributed by atoms with E-state index in [2.05, 4.69) is 89.2 Å². The Morgan fingerprint density at radius 3 is 1.82 bits per heavy atom. The summed E-state index contributed by atoms with van der Waals surface area (Å²) in [7, 11) is 2.40. The summed E-state index contributed by atoms with van der Waals surface area (Å²) in [5.74, 6) is 28.0. The van der Waals surface area contributed by atoms with Crippen molar-refractivity contribution in [2.45, 2.75) is 6.54 Å². The van der Waals surface area contributed by atoms with E-state index >= 15 is 0 Å². The summed E-state index contributed by atoms with van der Waals surface area (Å²) >= 11 is 0. The molecule has 8 nitrogen and oxygen atoms in total. The van der Waals surface area contributed by atoms with E-state index in [0.29, 0.717) is 17.6 Å². The van der Waals surface area contributed by atoms with Crippen LogP contribution < -0.4 is 10.8 Å². The first-order chi connectivity index (χ1) is 18.3. The van der Waals surface area contributed by atoms with Gasteiger partial charge in [-0.05, 0) is 94.2 Å². The Labute approximate surface area is 231 Å². The molecule has 0 bridgehead atoms. The quantitative estimate of drug-likeness (QED) is 0.242. The van der Waals surface area contributed by atoms with E-state index in [-0.39, 0.29) is 14.5 Å². The molecule has 0 aliphatic carbocycles. The first-order valence-electron chi connectivity index (χ1n) is 10.1. The summed E-state index contributed by atoms with van der Waals surface area (Å²) < 4.78 is 2.97. The monoisotopic (exact) mass is 510 g/mol. The number of terminal acetylenes is 2. The standard InChI is InChI=1S/C14H14BNO3.C14H2.BNO3.6H2/c17-14(16-10-11-5-2-1-3-6-11)12-7-4-8-13(9-12)15(18)19;1-3-5-7-9-11-13-14-12-10-8-6-4-2;1-5-2(3)4;;;;;;/h1-9,18-19H,10H2,(H,16,17);1-2H;;6*1H. The van der Waals surface area contributed by atoms with Gasteiger partial charge in [-0.3, -0.25) is 4.79 Å². The van der Waals surface area contributed by atoms with Crippen LogP contribution in [-0.2, 0) is 11.3 Å². The Bertz CT molecular complexity index is 1450. The van der Waals surface area contributed by atoms with Gasteiger partial charge in [0, 0.05) is 20.7 Å². The predicted octanol–water partition coefficient (Wildman–Crippen LogP) is 1.32. The number of amides is 1. The summed E-state index contributed by atoms with van der Waals surface area (Å²) in [6.07, 6.45) is 9.71. The van der Waals surface area contributed by atoms with Crippen LogP contribution in [-0.4, -0.2) is 36.2 Å². The van der Waals surface area contributed by atoms with Crippen LogP contribution in [0.5, 0.6) is 0 Å². The summed E-state index contributed by atoms with van der Waals surface area (Å²) in [6.45, 7) is 0.436. The molecule has 0 spiro atoms. The third kappa shape index (κ3) is 17.5. The van der Waals surface area contributed by atoms with E-state index in [9.17, 15) is 4.79 Å². The van der Waals surface area contributed by atoms with Gasteiger partial charge in [0.25, 0.3) is 11.0 Å². The van der Waals surface area contributed by atoms with Crippen LogP contribution in [0.3, 0.4) is 0 Å². The van der Waals surface area contributed by atoms with Gasteiger partial charge < -0.3 is 20.1 Å². The SMILES string of the molecule is C#CC#CC#CC#CC#CC#CC#C.O=C(NCc1ccccc1)c1cccc(B(O)O)c1.[B]O[N+](=O)[O-].[HH].[HH].[HH].[HH].[HH].[HH]. The van der Waals surface area contributed by atoms with Gasteiger partial charge in [-0.25, -0.2) is 0 Å². The minimum absolute atomic E-state index is 0. The Balaban J connectivity index is -0.0000000989. The zero-order valence-electron chi connectivity index (χ0n) is 19.7. The van der Waals surface area contributed by atoms with Gasteiger partial charge in [-0.2, -0.15) is 0 Å². The third-order valence-electron chi connectivity index (χ3n) is 3.54. The minimum atomic E-state index is -1.57. The molecule has 0 aliphatic heterocycles. The number of hydrogen-bond acceptors (Lipinski definition) is 6. The smallest absolute Gasteiger partial charge is 0.423 e. The van der Waals surface area contributed by atoms with E-state index in [1.807, 2.05) is 30.3 Å². The summed E-state index contributed by atoms with van der Waals surface area (Å²) in [6, 6.07) is 15.8. The lowest BCUT2D eigenvalue weighted by atomic mass is 9.79. The maximum atomic E-state index is 11.9. The molecule has 0 heterocycles. The molecule has 192 valence electrons. The van der Waals surface area contributed by atoms with Gasteiger partial charge in [0.15, 0.2) is 0 Å². The second kappa shape index (κ2) is 21.6. The second-order valence-electron chi connectivity index (χ2n) is 6.04. The Morgan fingerprint density at radius 2 is 1.39 bits per heavy atom. The van der Waals surface area contributed by atoms with Crippen molar-refractivity contribution in [3.05, 3.63) is 75.8 Å². The van der Waals surface area contributed by atoms with E-state index in [4.69, 9.17) is 33.0 Å². The van der Waals surface area contributed by atoms with Crippen molar-refractivity contribution >= 4 is 26.5 Å². The molecule has 0 saturated heterocycles. The van der Waals surface area contributed by atoms with Gasteiger partial charge in [-0.1, -0.05) is 42.5 Å². The Hall–Kier alpha value is -5.92. The Morgan fingerprint density at radius 1 is 0.921 bits per heavy atom. The van der Waals surface area contributed by atoms with Crippen molar-refractivity contribution in [3.8, 4) is 83.9 Å². The van der Waals surface area contributed by atoms with Crippen LogP contribution >= 0.6 is 0 Å². The number of nitrogens with one attached hydrogen (secondary N) is 1. The van der Waals surface area contributed by atoms with Crippen molar-refractivity contribution < 1.29 is 33.2 Å². The number of nitrogens with zero attached hydrogens (tertiary/aromatic N) is 1. The maximum Gasteiger partial charge on any atom is 0.488 e. The lowest BCUT2D eigenvalue weighted by Gasteiger charge is -2.07. The topological polar surface area (TPSA) is 122 Å². The number of rotatable bonds is 5. The molecule has 0 aromatic heterocycles. The number of hydrogen-bond donors (Lipinski definition) is 3. The van der Waals surface area contributed by atoms with Gasteiger partial charge in [0.2, 0.25) is 0 Å². The molecule has 38 heavy (non-hydrogen) atoms. The molecule has 0 fully saturated rings. The molecule has 2 radical (unpaired) electrons. The molecule has 1 amide bonds. The minimum Gasteiger partial charge on any atom is -0.423 e. The van der Waals surface area contributed by atoms with Crippen molar-refractivity contribution in [2.75, 3.05) is 0 Å². The fourth-order valence-corrected chi connectivity index (χ4v) is 2.04. The number of carbonyl (C=O) groups excluding carboxylic acids is 1. The van der Waals surface area contributed by atoms with E-state index in [1.54, 1.807) is 18.2 Å². The molecular formula is C28H28B2N2O6.